The molecule has 2 N–H and O–H groups in total. The Morgan fingerprint density at radius 3 is 2.43 bits per heavy atom. The van der Waals surface area contributed by atoms with Gasteiger partial charge in [-0.2, -0.15) is 0 Å². The van der Waals surface area contributed by atoms with Crippen LogP contribution in [0.15, 0.2) is 42.5 Å². The average molecular weight is 311 g/mol. The van der Waals surface area contributed by atoms with Gasteiger partial charge in [0.1, 0.15) is 5.75 Å². The maximum Gasteiger partial charge on any atom is 0.119 e. The van der Waals surface area contributed by atoms with Gasteiger partial charge in [-0.05, 0) is 59.7 Å². The summed E-state index contributed by atoms with van der Waals surface area (Å²) in [5.41, 5.74) is 11.6. The van der Waals surface area contributed by atoms with E-state index in [0.29, 0.717) is 12.5 Å². The van der Waals surface area contributed by atoms with Crippen LogP contribution in [0.2, 0.25) is 0 Å². The summed E-state index contributed by atoms with van der Waals surface area (Å²) in [4.78, 5) is 0. The zero-order valence-electron chi connectivity index (χ0n) is 15.0. The largest absolute Gasteiger partial charge is 0.497 e. The van der Waals surface area contributed by atoms with Crippen LogP contribution in [-0.4, -0.2) is 13.7 Å². The summed E-state index contributed by atoms with van der Waals surface area (Å²) in [6.45, 7) is 9.57. The predicted molar refractivity (Wildman–Crippen MR) is 98.4 cm³/mol. The summed E-state index contributed by atoms with van der Waals surface area (Å²) in [6, 6.07) is 15.1. The van der Waals surface area contributed by atoms with Gasteiger partial charge in [0.15, 0.2) is 0 Å². The van der Waals surface area contributed by atoms with E-state index in [1.807, 2.05) is 12.1 Å². The number of ether oxygens (including phenoxy) is 1. The van der Waals surface area contributed by atoms with Crippen LogP contribution in [-0.2, 0) is 11.8 Å². The standard InChI is InChI=1S/C21H29NO/c1-15-9-10-18(21(2,3)4)13-20(15)17(14-22)11-16-7-6-8-19(12-16)23-5/h6-10,12-13,17H,11,14,22H2,1-5H3. The maximum atomic E-state index is 6.12. The van der Waals surface area contributed by atoms with Crippen LogP contribution in [0.5, 0.6) is 5.75 Å². The maximum absolute atomic E-state index is 6.12. The molecule has 2 nitrogen and oxygen atoms in total. The third-order valence-electron chi connectivity index (χ3n) is 4.49. The molecule has 23 heavy (non-hydrogen) atoms. The normalized spacial score (nSPS) is 13.0. The molecular formula is C21H29NO. The molecule has 0 spiro atoms. The van der Waals surface area contributed by atoms with Crippen molar-refractivity contribution in [2.24, 2.45) is 5.73 Å². The number of methoxy groups -OCH3 is 1. The summed E-state index contributed by atoms with van der Waals surface area (Å²) in [5.74, 6) is 1.22. The van der Waals surface area contributed by atoms with Crippen molar-refractivity contribution < 1.29 is 4.74 Å². The van der Waals surface area contributed by atoms with Gasteiger partial charge in [-0.25, -0.2) is 0 Å². The van der Waals surface area contributed by atoms with Crippen molar-refractivity contribution in [2.75, 3.05) is 13.7 Å². The molecular weight excluding hydrogens is 282 g/mol. The number of aryl methyl sites for hydroxylation is 1. The summed E-state index contributed by atoms with van der Waals surface area (Å²) in [6.07, 6.45) is 0.933. The number of nitrogens with two attached hydrogens (primary N) is 1. The van der Waals surface area contributed by atoms with Gasteiger partial charge < -0.3 is 10.5 Å². The van der Waals surface area contributed by atoms with Crippen molar-refractivity contribution in [2.45, 2.75) is 45.4 Å². The molecule has 1 atom stereocenters. The molecule has 0 radical (unpaired) electrons. The quantitative estimate of drug-likeness (QED) is 0.877. The molecule has 2 rings (SSSR count). The molecule has 1 unspecified atom stereocenters. The molecule has 0 saturated carbocycles. The van der Waals surface area contributed by atoms with E-state index in [2.05, 4.69) is 58.0 Å². The van der Waals surface area contributed by atoms with Crippen LogP contribution < -0.4 is 10.5 Å². The molecule has 0 heterocycles. The molecule has 0 aliphatic heterocycles. The van der Waals surface area contributed by atoms with Crippen molar-refractivity contribution >= 4 is 0 Å². The van der Waals surface area contributed by atoms with Gasteiger partial charge in [-0.1, -0.05) is 51.1 Å². The lowest BCUT2D eigenvalue weighted by Gasteiger charge is -2.24. The van der Waals surface area contributed by atoms with Gasteiger partial charge in [0.2, 0.25) is 0 Å². The highest BCUT2D eigenvalue weighted by molar-refractivity contribution is 5.38. The van der Waals surface area contributed by atoms with Gasteiger partial charge in [0.25, 0.3) is 0 Å². The summed E-state index contributed by atoms with van der Waals surface area (Å²) < 4.78 is 5.33. The Kier molecular flexibility index (Phi) is 5.48. The Labute approximate surface area is 140 Å². The minimum Gasteiger partial charge on any atom is -0.497 e. The van der Waals surface area contributed by atoms with E-state index in [1.54, 1.807) is 7.11 Å². The zero-order valence-corrected chi connectivity index (χ0v) is 15.0. The van der Waals surface area contributed by atoms with Gasteiger partial charge in [0.05, 0.1) is 7.11 Å². The molecule has 124 valence electrons. The molecule has 2 heteroatoms. The van der Waals surface area contributed by atoms with Crippen LogP contribution >= 0.6 is 0 Å². The average Bonchev–Trinajstić information content (AvgIpc) is 2.52. The van der Waals surface area contributed by atoms with E-state index >= 15 is 0 Å². The molecule has 2 aromatic rings. The van der Waals surface area contributed by atoms with Crippen molar-refractivity contribution in [3.8, 4) is 5.75 Å². The van der Waals surface area contributed by atoms with E-state index in [4.69, 9.17) is 10.5 Å². The van der Waals surface area contributed by atoms with Crippen LogP contribution in [0.1, 0.15) is 48.9 Å². The Morgan fingerprint density at radius 1 is 1.09 bits per heavy atom. The van der Waals surface area contributed by atoms with Crippen molar-refractivity contribution in [1.82, 2.24) is 0 Å². The Bertz CT molecular complexity index is 655. The fraction of sp³-hybridized carbons (Fsp3) is 0.429. The highest BCUT2D eigenvalue weighted by Crippen LogP contribution is 2.30. The van der Waals surface area contributed by atoms with E-state index in [0.717, 1.165) is 12.2 Å². The van der Waals surface area contributed by atoms with Crippen LogP contribution in [0.3, 0.4) is 0 Å². The van der Waals surface area contributed by atoms with Crippen LogP contribution in [0.25, 0.3) is 0 Å². The Morgan fingerprint density at radius 2 is 1.83 bits per heavy atom. The van der Waals surface area contributed by atoms with Crippen LogP contribution in [0.4, 0.5) is 0 Å². The molecule has 0 aromatic heterocycles. The molecule has 2 aromatic carbocycles. The van der Waals surface area contributed by atoms with E-state index in [9.17, 15) is 0 Å². The first-order valence-electron chi connectivity index (χ1n) is 8.29. The smallest absolute Gasteiger partial charge is 0.119 e. The van der Waals surface area contributed by atoms with Crippen molar-refractivity contribution in [3.63, 3.8) is 0 Å². The molecule has 0 aliphatic carbocycles. The van der Waals surface area contributed by atoms with E-state index in [1.165, 1.54) is 22.3 Å². The molecule has 0 saturated heterocycles. The second-order valence-electron chi connectivity index (χ2n) is 7.31. The summed E-state index contributed by atoms with van der Waals surface area (Å²) in [5, 5.41) is 0. The minimum absolute atomic E-state index is 0.150. The summed E-state index contributed by atoms with van der Waals surface area (Å²) >= 11 is 0. The van der Waals surface area contributed by atoms with E-state index in [-0.39, 0.29) is 5.41 Å². The highest BCUT2D eigenvalue weighted by atomic mass is 16.5. The molecule has 0 fully saturated rings. The van der Waals surface area contributed by atoms with Gasteiger partial charge in [-0.15, -0.1) is 0 Å². The van der Waals surface area contributed by atoms with Gasteiger partial charge >= 0.3 is 0 Å². The molecule has 0 aliphatic rings. The number of rotatable bonds is 5. The van der Waals surface area contributed by atoms with Crippen molar-refractivity contribution in [3.05, 3.63) is 64.7 Å². The van der Waals surface area contributed by atoms with Crippen LogP contribution in [0, 0.1) is 6.92 Å². The minimum atomic E-state index is 0.150. The monoisotopic (exact) mass is 311 g/mol. The molecule has 0 bridgehead atoms. The first kappa shape index (κ1) is 17.6. The SMILES string of the molecule is COc1cccc(CC(CN)c2cc(C(C)(C)C)ccc2C)c1. The zero-order chi connectivity index (χ0) is 17.0. The molecule has 0 amide bonds. The van der Waals surface area contributed by atoms with Gasteiger partial charge in [0, 0.05) is 5.92 Å². The number of hydrogen-bond donors (Lipinski definition) is 1. The predicted octanol–water partition coefficient (Wildman–Crippen LogP) is 4.59. The lowest BCUT2D eigenvalue weighted by molar-refractivity contribution is 0.414. The number of hydrogen-bond acceptors (Lipinski definition) is 2. The first-order chi connectivity index (χ1) is 10.8. The second-order valence-corrected chi connectivity index (χ2v) is 7.31. The third kappa shape index (κ3) is 4.35. The Balaban J connectivity index is 2.33. The third-order valence-corrected chi connectivity index (χ3v) is 4.49. The second kappa shape index (κ2) is 7.18. The lowest BCUT2D eigenvalue weighted by Crippen LogP contribution is -2.18. The fourth-order valence-corrected chi connectivity index (χ4v) is 2.95. The topological polar surface area (TPSA) is 35.2 Å². The first-order valence-corrected chi connectivity index (χ1v) is 8.29. The highest BCUT2D eigenvalue weighted by Gasteiger charge is 2.19. The van der Waals surface area contributed by atoms with Crippen molar-refractivity contribution in [1.29, 1.82) is 0 Å². The Hall–Kier alpha value is -1.80. The summed E-state index contributed by atoms with van der Waals surface area (Å²) in [7, 11) is 1.70. The van der Waals surface area contributed by atoms with Gasteiger partial charge in [-0.3, -0.25) is 0 Å². The van der Waals surface area contributed by atoms with E-state index < -0.39 is 0 Å². The fourth-order valence-electron chi connectivity index (χ4n) is 2.95. The number of benzene rings is 2. The lowest BCUT2D eigenvalue weighted by atomic mass is 9.81.